The quantitative estimate of drug-likeness (QED) is 0.699. The van der Waals surface area contributed by atoms with Crippen molar-refractivity contribution in [3.63, 3.8) is 0 Å². The van der Waals surface area contributed by atoms with E-state index in [1.165, 1.54) is 6.07 Å². The van der Waals surface area contributed by atoms with Gasteiger partial charge in [-0.1, -0.05) is 0 Å². The van der Waals surface area contributed by atoms with Gasteiger partial charge < -0.3 is 5.11 Å². The lowest BCUT2D eigenvalue weighted by atomic mass is 10.2. The van der Waals surface area contributed by atoms with Gasteiger partial charge in [0.1, 0.15) is 5.82 Å². The predicted octanol–water partition coefficient (Wildman–Crippen LogP) is 4.11. The van der Waals surface area contributed by atoms with Crippen molar-refractivity contribution in [2.75, 3.05) is 4.72 Å². The minimum absolute atomic E-state index is 0.125. The summed E-state index contributed by atoms with van der Waals surface area (Å²) in [6.07, 6.45) is -5.00. The summed E-state index contributed by atoms with van der Waals surface area (Å²) >= 11 is 2.94. The topological polar surface area (TPSA) is 83.5 Å². The van der Waals surface area contributed by atoms with Crippen LogP contribution in [-0.2, 0) is 16.2 Å². The lowest BCUT2D eigenvalue weighted by Crippen LogP contribution is -2.15. The largest absolute Gasteiger partial charge is 0.478 e. The normalized spacial score (nSPS) is 12.0. The molecule has 0 bridgehead atoms. The first kappa shape index (κ1) is 19.2. The van der Waals surface area contributed by atoms with Gasteiger partial charge in [0.2, 0.25) is 0 Å². The second-order valence-corrected chi connectivity index (χ2v) is 7.28. The molecule has 11 heteroatoms. The molecule has 2 aromatic carbocycles. The first-order valence-electron chi connectivity index (χ1n) is 6.34. The highest BCUT2D eigenvalue weighted by Crippen LogP contribution is 2.33. The van der Waals surface area contributed by atoms with Crippen LogP contribution in [0.3, 0.4) is 0 Å². The number of carbonyl (C=O) groups is 1. The zero-order valence-electron chi connectivity index (χ0n) is 11.9. The fourth-order valence-corrected chi connectivity index (χ4v) is 3.35. The third kappa shape index (κ3) is 4.28. The Kier molecular flexibility index (Phi) is 5.09. The molecule has 2 N–H and O–H groups in total. The van der Waals surface area contributed by atoms with Crippen molar-refractivity contribution in [2.24, 2.45) is 0 Å². The summed E-state index contributed by atoms with van der Waals surface area (Å²) < 4.78 is 77.7. The molecule has 0 spiro atoms. The molecule has 0 unspecified atom stereocenters. The number of aromatic carboxylic acids is 1. The van der Waals surface area contributed by atoms with Gasteiger partial charge in [-0.25, -0.2) is 17.6 Å². The Labute approximate surface area is 147 Å². The van der Waals surface area contributed by atoms with Crippen LogP contribution in [-0.4, -0.2) is 19.5 Å². The first-order valence-corrected chi connectivity index (χ1v) is 8.62. The highest BCUT2D eigenvalue weighted by atomic mass is 79.9. The lowest BCUT2D eigenvalue weighted by molar-refractivity contribution is -0.139. The molecule has 2 rings (SSSR count). The summed E-state index contributed by atoms with van der Waals surface area (Å²) in [5.41, 5.74) is -2.50. The Morgan fingerprint density at radius 1 is 1.12 bits per heavy atom. The molecule has 0 fully saturated rings. The highest BCUT2D eigenvalue weighted by Gasteiger charge is 2.34. The van der Waals surface area contributed by atoms with Crippen LogP contribution in [0, 0.1) is 5.82 Å². The molecule has 0 saturated carbocycles. The molecular formula is C14H8BrF4NO4S. The molecule has 0 heterocycles. The van der Waals surface area contributed by atoms with Crippen LogP contribution in [0.15, 0.2) is 45.8 Å². The molecule has 5 nitrogen and oxygen atoms in total. The van der Waals surface area contributed by atoms with E-state index < -0.39 is 44.1 Å². The van der Waals surface area contributed by atoms with Crippen LogP contribution in [0.4, 0.5) is 23.2 Å². The van der Waals surface area contributed by atoms with Crippen LogP contribution < -0.4 is 4.72 Å². The number of alkyl halides is 3. The summed E-state index contributed by atoms with van der Waals surface area (Å²) in [6, 6.07) is 4.67. The molecule has 0 aliphatic carbocycles. The van der Waals surface area contributed by atoms with Crippen molar-refractivity contribution in [3.05, 3.63) is 57.8 Å². The molecular weight excluding hydrogens is 434 g/mol. The van der Waals surface area contributed by atoms with Gasteiger partial charge in [0.15, 0.2) is 0 Å². The maximum Gasteiger partial charge on any atom is 0.419 e. The molecule has 0 atom stereocenters. The Bertz CT molecular complexity index is 944. The molecule has 2 aromatic rings. The van der Waals surface area contributed by atoms with E-state index in [1.807, 2.05) is 4.72 Å². The number of halogens is 5. The van der Waals surface area contributed by atoms with Crippen LogP contribution in [0.25, 0.3) is 0 Å². The van der Waals surface area contributed by atoms with Gasteiger partial charge in [-0.3, -0.25) is 4.72 Å². The van der Waals surface area contributed by atoms with E-state index in [0.717, 1.165) is 18.2 Å². The molecule has 0 aliphatic rings. The second kappa shape index (κ2) is 6.64. The van der Waals surface area contributed by atoms with Crippen molar-refractivity contribution in [2.45, 2.75) is 11.1 Å². The SMILES string of the molecule is O=C(O)c1cc(S(=O)(=O)Nc2ccc(F)c(C(F)(F)F)c2)ccc1Br. The van der Waals surface area contributed by atoms with Crippen LogP contribution in [0.5, 0.6) is 0 Å². The van der Waals surface area contributed by atoms with Crippen molar-refractivity contribution in [1.29, 1.82) is 0 Å². The number of anilines is 1. The summed E-state index contributed by atoms with van der Waals surface area (Å²) in [5, 5.41) is 8.99. The number of nitrogens with one attached hydrogen (secondary N) is 1. The Hall–Kier alpha value is -2.14. The number of carboxylic acids is 1. The fraction of sp³-hybridized carbons (Fsp3) is 0.0714. The minimum atomic E-state index is -5.00. The third-order valence-corrected chi connectivity index (χ3v) is 5.07. The van der Waals surface area contributed by atoms with Gasteiger partial charge in [0.05, 0.1) is 16.0 Å². The maximum absolute atomic E-state index is 13.2. The van der Waals surface area contributed by atoms with E-state index in [0.29, 0.717) is 12.1 Å². The fourth-order valence-electron chi connectivity index (χ4n) is 1.86. The van der Waals surface area contributed by atoms with Crippen molar-refractivity contribution < 1.29 is 35.9 Å². The molecule has 134 valence electrons. The second-order valence-electron chi connectivity index (χ2n) is 4.74. The van der Waals surface area contributed by atoms with Gasteiger partial charge in [0, 0.05) is 10.2 Å². The summed E-state index contributed by atoms with van der Waals surface area (Å²) in [4.78, 5) is 10.6. The zero-order chi connectivity index (χ0) is 19.0. The van der Waals surface area contributed by atoms with Crippen LogP contribution in [0.2, 0.25) is 0 Å². The number of sulfonamides is 1. The third-order valence-electron chi connectivity index (χ3n) is 3.00. The standard InChI is InChI=1S/C14H8BrF4NO4S/c15-11-3-2-8(6-9(11)13(21)22)25(23,24)20-7-1-4-12(16)10(5-7)14(17,18)19/h1-6,20H,(H,21,22). The molecule has 0 amide bonds. The van der Waals surface area contributed by atoms with E-state index in [1.54, 1.807) is 0 Å². The predicted molar refractivity (Wildman–Crippen MR) is 83.3 cm³/mol. The van der Waals surface area contributed by atoms with Gasteiger partial charge >= 0.3 is 12.1 Å². The van der Waals surface area contributed by atoms with Gasteiger partial charge in [-0.2, -0.15) is 13.2 Å². The summed E-state index contributed by atoms with van der Waals surface area (Å²) in [7, 11) is -4.39. The maximum atomic E-state index is 13.2. The van der Waals surface area contributed by atoms with E-state index >= 15 is 0 Å². The number of carboxylic acid groups (broad SMARTS) is 1. The van der Waals surface area contributed by atoms with Gasteiger partial charge in [-0.05, 0) is 52.3 Å². The number of benzene rings is 2. The monoisotopic (exact) mass is 441 g/mol. The average Bonchev–Trinajstić information content (AvgIpc) is 2.47. The number of hydrogen-bond donors (Lipinski definition) is 2. The van der Waals surface area contributed by atoms with E-state index in [2.05, 4.69) is 15.9 Å². The van der Waals surface area contributed by atoms with E-state index in [-0.39, 0.29) is 10.0 Å². The smallest absolute Gasteiger partial charge is 0.419 e. The zero-order valence-corrected chi connectivity index (χ0v) is 14.3. The van der Waals surface area contributed by atoms with Crippen molar-refractivity contribution in [3.8, 4) is 0 Å². The van der Waals surface area contributed by atoms with E-state index in [4.69, 9.17) is 5.11 Å². The molecule has 25 heavy (non-hydrogen) atoms. The number of hydrogen-bond acceptors (Lipinski definition) is 3. The molecule has 0 aliphatic heterocycles. The Morgan fingerprint density at radius 3 is 2.32 bits per heavy atom. The Morgan fingerprint density at radius 2 is 1.76 bits per heavy atom. The van der Waals surface area contributed by atoms with E-state index in [9.17, 15) is 30.8 Å². The number of rotatable bonds is 4. The first-order chi connectivity index (χ1) is 11.4. The van der Waals surface area contributed by atoms with Crippen LogP contribution in [0.1, 0.15) is 15.9 Å². The molecule has 0 radical (unpaired) electrons. The van der Waals surface area contributed by atoms with Gasteiger partial charge in [0.25, 0.3) is 10.0 Å². The minimum Gasteiger partial charge on any atom is -0.478 e. The lowest BCUT2D eigenvalue weighted by Gasteiger charge is -2.12. The van der Waals surface area contributed by atoms with Crippen molar-refractivity contribution in [1.82, 2.24) is 0 Å². The molecule has 0 saturated heterocycles. The summed E-state index contributed by atoms with van der Waals surface area (Å²) in [5.74, 6) is -2.95. The van der Waals surface area contributed by atoms with Crippen molar-refractivity contribution >= 4 is 37.6 Å². The Balaban J connectivity index is 2.43. The molecule has 0 aromatic heterocycles. The summed E-state index contributed by atoms with van der Waals surface area (Å²) in [6.45, 7) is 0. The average molecular weight is 442 g/mol. The highest BCUT2D eigenvalue weighted by molar-refractivity contribution is 9.10. The van der Waals surface area contributed by atoms with Crippen LogP contribution >= 0.6 is 15.9 Å². The van der Waals surface area contributed by atoms with Gasteiger partial charge in [-0.15, -0.1) is 0 Å².